The molecule has 0 aromatic carbocycles. The summed E-state index contributed by atoms with van der Waals surface area (Å²) >= 11 is 0. The summed E-state index contributed by atoms with van der Waals surface area (Å²) < 4.78 is 22.1. The first-order valence-electron chi connectivity index (χ1n) is 5.25. The molecule has 7 heteroatoms. The van der Waals surface area contributed by atoms with Crippen molar-refractivity contribution in [1.82, 2.24) is 9.97 Å². The lowest BCUT2D eigenvalue weighted by atomic mass is 10.3. The van der Waals surface area contributed by atoms with Crippen LogP contribution in [0, 0.1) is 6.92 Å². The fourth-order valence-electron chi connectivity index (χ4n) is 1.29. The Morgan fingerprint density at radius 3 is 2.59 bits per heavy atom. The smallest absolute Gasteiger partial charge is 0.225 e. The summed E-state index contributed by atoms with van der Waals surface area (Å²) in [6, 6.07) is 1.81. The van der Waals surface area contributed by atoms with Crippen molar-refractivity contribution in [2.75, 3.05) is 30.5 Å². The van der Waals surface area contributed by atoms with Gasteiger partial charge < -0.3 is 10.6 Å². The molecule has 1 aromatic rings. The molecule has 0 aliphatic heterocycles. The maximum absolute atomic E-state index is 11.1. The molecule has 6 nitrogen and oxygen atoms in total. The van der Waals surface area contributed by atoms with Gasteiger partial charge in [0, 0.05) is 32.1 Å². The van der Waals surface area contributed by atoms with Gasteiger partial charge in [0.05, 0.1) is 11.4 Å². The van der Waals surface area contributed by atoms with Crippen LogP contribution in [0.4, 0.5) is 5.95 Å². The third-order valence-corrected chi connectivity index (χ3v) is 3.17. The number of aromatic nitrogens is 2. The number of nitrogens with zero attached hydrogens (tertiary/aromatic N) is 3. The van der Waals surface area contributed by atoms with Gasteiger partial charge in [-0.3, -0.25) is 0 Å². The largest absolute Gasteiger partial charge is 0.343 e. The van der Waals surface area contributed by atoms with E-state index in [9.17, 15) is 8.42 Å². The molecule has 0 spiro atoms. The van der Waals surface area contributed by atoms with Crippen molar-refractivity contribution in [2.45, 2.75) is 13.5 Å². The first-order chi connectivity index (χ1) is 7.81. The maximum Gasteiger partial charge on any atom is 0.225 e. The second-order valence-corrected chi connectivity index (χ2v) is 6.32. The summed E-state index contributed by atoms with van der Waals surface area (Å²) in [5.41, 5.74) is 7.10. The number of hydrogen-bond acceptors (Lipinski definition) is 6. The zero-order valence-corrected chi connectivity index (χ0v) is 11.2. The van der Waals surface area contributed by atoms with Gasteiger partial charge in [-0.05, 0) is 13.0 Å². The molecule has 0 unspecified atom stereocenters. The Bertz CT molecular complexity index is 487. The molecule has 1 rings (SSSR count). The summed E-state index contributed by atoms with van der Waals surface area (Å²) in [6.07, 6.45) is 1.21. The van der Waals surface area contributed by atoms with Gasteiger partial charge in [-0.2, -0.15) is 0 Å². The Labute approximate surface area is 102 Å². The van der Waals surface area contributed by atoms with Gasteiger partial charge in [-0.25, -0.2) is 18.4 Å². The average Bonchev–Trinajstić information content (AvgIpc) is 2.23. The number of aryl methyl sites for hydroxylation is 1. The molecule has 1 aromatic heterocycles. The Morgan fingerprint density at radius 2 is 2.06 bits per heavy atom. The fourth-order valence-corrected chi connectivity index (χ4v) is 1.90. The first kappa shape index (κ1) is 13.9. The maximum atomic E-state index is 11.1. The highest BCUT2D eigenvalue weighted by Crippen LogP contribution is 2.08. The summed E-state index contributed by atoms with van der Waals surface area (Å²) in [6.45, 7) is 2.57. The van der Waals surface area contributed by atoms with Gasteiger partial charge in [-0.15, -0.1) is 0 Å². The summed E-state index contributed by atoms with van der Waals surface area (Å²) in [5.74, 6) is 0.591. The van der Waals surface area contributed by atoms with Gasteiger partial charge in [0.1, 0.15) is 9.84 Å². The van der Waals surface area contributed by atoms with E-state index in [2.05, 4.69) is 9.97 Å². The molecule has 2 N–H and O–H groups in total. The monoisotopic (exact) mass is 258 g/mol. The third-order valence-electron chi connectivity index (χ3n) is 2.24. The Kier molecular flexibility index (Phi) is 4.41. The van der Waals surface area contributed by atoms with Crippen LogP contribution in [0.25, 0.3) is 0 Å². The fraction of sp³-hybridized carbons (Fsp3) is 0.600. The molecule has 96 valence electrons. The Balaban J connectivity index is 2.81. The number of sulfone groups is 1. The zero-order chi connectivity index (χ0) is 13.1. The van der Waals surface area contributed by atoms with E-state index in [1.165, 1.54) is 6.26 Å². The first-order valence-corrected chi connectivity index (χ1v) is 7.31. The number of hydrogen-bond donors (Lipinski definition) is 1. The molecule has 0 radical (unpaired) electrons. The topological polar surface area (TPSA) is 89.2 Å². The summed E-state index contributed by atoms with van der Waals surface area (Å²) in [5, 5.41) is 0. The van der Waals surface area contributed by atoms with Crippen molar-refractivity contribution in [3.05, 3.63) is 17.5 Å². The van der Waals surface area contributed by atoms with Crippen LogP contribution >= 0.6 is 0 Å². The zero-order valence-electron chi connectivity index (χ0n) is 10.3. The molecule has 17 heavy (non-hydrogen) atoms. The van der Waals surface area contributed by atoms with Crippen molar-refractivity contribution in [3.8, 4) is 0 Å². The Hall–Kier alpha value is -1.21. The van der Waals surface area contributed by atoms with Crippen molar-refractivity contribution >= 4 is 15.8 Å². The van der Waals surface area contributed by atoms with Crippen LogP contribution in [-0.2, 0) is 16.4 Å². The van der Waals surface area contributed by atoms with Crippen LogP contribution in [0.5, 0.6) is 0 Å². The van der Waals surface area contributed by atoms with E-state index < -0.39 is 9.84 Å². The summed E-state index contributed by atoms with van der Waals surface area (Å²) in [7, 11) is -1.21. The van der Waals surface area contributed by atoms with Crippen LogP contribution in [-0.4, -0.2) is 44.0 Å². The molecule has 0 saturated heterocycles. The molecule has 0 saturated carbocycles. The second kappa shape index (κ2) is 5.42. The van der Waals surface area contributed by atoms with Crippen molar-refractivity contribution in [3.63, 3.8) is 0 Å². The van der Waals surface area contributed by atoms with Crippen LogP contribution in [0.2, 0.25) is 0 Å². The quantitative estimate of drug-likeness (QED) is 0.781. The molecular weight excluding hydrogens is 240 g/mol. The SMILES string of the molecule is Cc1cc(CN)nc(N(C)CCS(C)(=O)=O)n1. The minimum Gasteiger partial charge on any atom is -0.343 e. The normalized spacial score (nSPS) is 11.5. The van der Waals surface area contributed by atoms with Crippen LogP contribution in [0.1, 0.15) is 11.4 Å². The highest BCUT2D eigenvalue weighted by atomic mass is 32.2. The van der Waals surface area contributed by atoms with Crippen LogP contribution in [0.15, 0.2) is 6.07 Å². The molecular formula is C10H18N4O2S. The van der Waals surface area contributed by atoms with E-state index >= 15 is 0 Å². The third kappa shape index (κ3) is 4.66. The highest BCUT2D eigenvalue weighted by molar-refractivity contribution is 7.90. The minimum absolute atomic E-state index is 0.0821. The highest BCUT2D eigenvalue weighted by Gasteiger charge is 2.09. The van der Waals surface area contributed by atoms with Crippen LogP contribution < -0.4 is 10.6 Å². The van der Waals surface area contributed by atoms with Crippen molar-refractivity contribution in [2.24, 2.45) is 5.73 Å². The van der Waals surface area contributed by atoms with E-state index in [1.807, 2.05) is 13.0 Å². The predicted molar refractivity (Wildman–Crippen MR) is 67.6 cm³/mol. The summed E-state index contributed by atoms with van der Waals surface area (Å²) in [4.78, 5) is 10.2. The van der Waals surface area contributed by atoms with Gasteiger partial charge in [0.15, 0.2) is 0 Å². The lowest BCUT2D eigenvalue weighted by molar-refractivity contribution is 0.600. The van der Waals surface area contributed by atoms with E-state index in [1.54, 1.807) is 11.9 Å². The van der Waals surface area contributed by atoms with E-state index in [0.29, 0.717) is 19.0 Å². The molecule has 0 aliphatic carbocycles. The predicted octanol–water partition coefficient (Wildman–Crippen LogP) is -0.275. The van der Waals surface area contributed by atoms with Gasteiger partial charge in [0.25, 0.3) is 0 Å². The molecule has 0 atom stereocenters. The van der Waals surface area contributed by atoms with E-state index in [-0.39, 0.29) is 5.75 Å². The number of rotatable bonds is 5. The molecule has 0 amide bonds. The van der Waals surface area contributed by atoms with Crippen LogP contribution in [0.3, 0.4) is 0 Å². The van der Waals surface area contributed by atoms with Gasteiger partial charge >= 0.3 is 0 Å². The Morgan fingerprint density at radius 1 is 1.41 bits per heavy atom. The van der Waals surface area contributed by atoms with E-state index in [0.717, 1.165) is 11.4 Å². The molecule has 0 aliphatic rings. The molecule has 0 bridgehead atoms. The van der Waals surface area contributed by atoms with Crippen molar-refractivity contribution < 1.29 is 8.42 Å². The van der Waals surface area contributed by atoms with Crippen molar-refractivity contribution in [1.29, 1.82) is 0 Å². The molecule has 1 heterocycles. The standard InChI is InChI=1S/C10H18N4O2S/c1-8-6-9(7-11)13-10(12-8)14(2)4-5-17(3,15)16/h6H,4-5,7,11H2,1-3H3. The minimum atomic E-state index is -2.97. The lowest BCUT2D eigenvalue weighted by Gasteiger charge is -2.17. The number of nitrogens with two attached hydrogens (primary N) is 1. The lowest BCUT2D eigenvalue weighted by Crippen LogP contribution is -2.27. The number of anilines is 1. The van der Waals surface area contributed by atoms with Gasteiger partial charge in [-0.1, -0.05) is 0 Å². The van der Waals surface area contributed by atoms with Gasteiger partial charge in [0.2, 0.25) is 5.95 Å². The molecule has 0 fully saturated rings. The van der Waals surface area contributed by atoms with E-state index in [4.69, 9.17) is 5.73 Å². The average molecular weight is 258 g/mol. The second-order valence-electron chi connectivity index (χ2n) is 4.06.